The highest BCUT2D eigenvalue weighted by atomic mass is 35.5. The van der Waals surface area contributed by atoms with E-state index < -0.39 is 10.1 Å². The van der Waals surface area contributed by atoms with Crippen LogP contribution >= 0.6 is 11.6 Å². The third-order valence-electron chi connectivity index (χ3n) is 2.38. The average Bonchev–Trinajstić information content (AvgIpc) is 2.47. The molecule has 0 aliphatic carbocycles. The van der Waals surface area contributed by atoms with Crippen LogP contribution < -0.4 is 10.2 Å². The number of anilines is 3. The Balaban J connectivity index is 2.38. The first kappa shape index (κ1) is 16.4. The third kappa shape index (κ3) is 4.02. The molecule has 1 aromatic carbocycles. The lowest BCUT2D eigenvalue weighted by atomic mass is 10.3. The number of hydrogen-bond donors (Lipinski definition) is 2. The molecule has 2 rings (SSSR count). The molecule has 0 radical (unpaired) electrons. The van der Waals surface area contributed by atoms with E-state index in [4.69, 9.17) is 26.7 Å². The molecule has 0 aliphatic rings. The second-order valence-corrected chi connectivity index (χ2v) is 5.65. The van der Waals surface area contributed by atoms with Crippen molar-refractivity contribution in [3.05, 3.63) is 29.5 Å². The lowest BCUT2D eigenvalue weighted by molar-refractivity contribution is 0.483. The molecule has 0 saturated carbocycles. The van der Waals surface area contributed by atoms with Crippen molar-refractivity contribution >= 4 is 39.3 Å². The van der Waals surface area contributed by atoms with Crippen LogP contribution in [0.25, 0.3) is 0 Å². The van der Waals surface area contributed by atoms with E-state index in [2.05, 4.69) is 20.3 Å². The predicted octanol–water partition coefficient (Wildman–Crippen LogP) is 1.28. The smallest absolute Gasteiger partial charge is 0.294 e. The zero-order chi connectivity index (χ0) is 17.0. The van der Waals surface area contributed by atoms with Gasteiger partial charge in [0.15, 0.2) is 0 Å². The Morgan fingerprint density at radius 1 is 1.22 bits per heavy atom. The van der Waals surface area contributed by atoms with Crippen LogP contribution in [0.3, 0.4) is 0 Å². The molecule has 0 fully saturated rings. The Morgan fingerprint density at radius 3 is 2.52 bits per heavy atom. The van der Waals surface area contributed by atoms with Gasteiger partial charge < -0.3 is 5.32 Å². The summed E-state index contributed by atoms with van der Waals surface area (Å²) in [5.74, 6) is -0.425. The maximum atomic E-state index is 11.1. The average molecular weight is 352 g/mol. The number of nitrogens with one attached hydrogen (secondary N) is 1. The first-order valence-corrected chi connectivity index (χ1v) is 7.51. The fourth-order valence-electron chi connectivity index (χ4n) is 1.47. The molecule has 10 nitrogen and oxygen atoms in total. The predicted molar refractivity (Wildman–Crippen MR) is 78.1 cm³/mol. The Hall–Kier alpha value is -2.99. The van der Waals surface area contributed by atoms with E-state index >= 15 is 0 Å². The van der Waals surface area contributed by atoms with E-state index in [1.165, 1.54) is 30.6 Å². The largest absolute Gasteiger partial charge is 0.324 e. The standard InChI is InChI=1S/C11H6ClN7O3S/c12-9-16-10(18-11(17-9)19(5-13)6-14)15-7-2-1-3-8(4-7)23(20,21)22/h1-4H,(H,20,21,22)(H,15,16,17,18). The minimum atomic E-state index is -4.37. The molecule has 2 aromatic rings. The second kappa shape index (κ2) is 6.41. The van der Waals surface area contributed by atoms with Crippen molar-refractivity contribution in [2.24, 2.45) is 0 Å². The van der Waals surface area contributed by atoms with Crippen LogP contribution in [0.4, 0.5) is 17.6 Å². The molecular weight excluding hydrogens is 346 g/mol. The van der Waals surface area contributed by atoms with Gasteiger partial charge in [0.25, 0.3) is 16.1 Å². The summed E-state index contributed by atoms with van der Waals surface area (Å²) in [7, 11) is -4.37. The minimum absolute atomic E-state index is 0.122. The van der Waals surface area contributed by atoms with Gasteiger partial charge in [0.05, 0.1) is 4.90 Å². The maximum absolute atomic E-state index is 11.1. The van der Waals surface area contributed by atoms with E-state index in [1.54, 1.807) is 0 Å². The lowest BCUT2D eigenvalue weighted by Crippen LogP contribution is -2.13. The van der Waals surface area contributed by atoms with Crippen LogP contribution in [-0.2, 0) is 10.1 Å². The highest BCUT2D eigenvalue weighted by molar-refractivity contribution is 7.85. The molecule has 0 saturated heterocycles. The van der Waals surface area contributed by atoms with Crippen molar-refractivity contribution < 1.29 is 13.0 Å². The van der Waals surface area contributed by atoms with Crippen molar-refractivity contribution in [1.29, 1.82) is 10.5 Å². The van der Waals surface area contributed by atoms with Gasteiger partial charge in [0.1, 0.15) is 0 Å². The highest BCUT2D eigenvalue weighted by Gasteiger charge is 2.14. The number of halogens is 1. The molecule has 1 aromatic heterocycles. The summed E-state index contributed by atoms with van der Waals surface area (Å²) in [5.41, 5.74) is 0.230. The zero-order valence-electron chi connectivity index (χ0n) is 11.0. The van der Waals surface area contributed by atoms with Crippen LogP contribution in [0.15, 0.2) is 29.2 Å². The fraction of sp³-hybridized carbons (Fsp3) is 0. The molecule has 0 spiro atoms. The lowest BCUT2D eigenvalue weighted by Gasteiger charge is -2.08. The Morgan fingerprint density at radius 2 is 1.91 bits per heavy atom. The number of nitrogens with zero attached hydrogens (tertiary/aromatic N) is 6. The van der Waals surface area contributed by atoms with E-state index in [0.717, 1.165) is 6.07 Å². The topological polar surface area (TPSA) is 156 Å². The van der Waals surface area contributed by atoms with Crippen molar-refractivity contribution in [3.8, 4) is 12.4 Å². The molecule has 0 atom stereocenters. The van der Waals surface area contributed by atoms with Crippen molar-refractivity contribution in [1.82, 2.24) is 15.0 Å². The molecule has 1 heterocycles. The number of hydrogen-bond acceptors (Lipinski definition) is 9. The van der Waals surface area contributed by atoms with E-state index in [-0.39, 0.29) is 27.8 Å². The van der Waals surface area contributed by atoms with Gasteiger partial charge in [-0.1, -0.05) is 6.07 Å². The van der Waals surface area contributed by atoms with Gasteiger partial charge >= 0.3 is 0 Å². The monoisotopic (exact) mass is 351 g/mol. The summed E-state index contributed by atoms with van der Waals surface area (Å²) in [6, 6.07) is 5.20. The molecule has 0 aliphatic heterocycles. The minimum Gasteiger partial charge on any atom is -0.324 e. The number of nitriles is 2. The van der Waals surface area contributed by atoms with Gasteiger partial charge in [0, 0.05) is 5.69 Å². The summed E-state index contributed by atoms with van der Waals surface area (Å²) >= 11 is 5.69. The van der Waals surface area contributed by atoms with Crippen LogP contribution in [0.5, 0.6) is 0 Å². The second-order valence-electron chi connectivity index (χ2n) is 3.89. The van der Waals surface area contributed by atoms with Crippen molar-refractivity contribution in [2.75, 3.05) is 10.2 Å². The number of aromatic nitrogens is 3. The summed E-state index contributed by atoms with van der Waals surface area (Å²) < 4.78 is 31.2. The highest BCUT2D eigenvalue weighted by Crippen LogP contribution is 2.20. The molecule has 0 bridgehead atoms. The van der Waals surface area contributed by atoms with Gasteiger partial charge in [0.2, 0.25) is 23.6 Å². The summed E-state index contributed by atoms with van der Waals surface area (Å²) in [5, 5.41) is 19.9. The molecule has 0 unspecified atom stereocenters. The summed E-state index contributed by atoms with van der Waals surface area (Å²) in [4.78, 5) is 11.4. The Kier molecular flexibility index (Phi) is 4.57. The molecule has 12 heteroatoms. The first-order chi connectivity index (χ1) is 10.8. The van der Waals surface area contributed by atoms with Crippen LogP contribution in [-0.4, -0.2) is 27.9 Å². The van der Waals surface area contributed by atoms with E-state index in [0.29, 0.717) is 4.90 Å². The van der Waals surface area contributed by atoms with Crippen molar-refractivity contribution in [2.45, 2.75) is 4.90 Å². The Bertz CT molecular complexity index is 921. The summed E-state index contributed by atoms with van der Waals surface area (Å²) in [6.07, 6.45) is 3.07. The van der Waals surface area contributed by atoms with Gasteiger partial charge in [-0.3, -0.25) is 4.55 Å². The van der Waals surface area contributed by atoms with Crippen molar-refractivity contribution in [3.63, 3.8) is 0 Å². The fourth-order valence-corrected chi connectivity index (χ4v) is 2.15. The molecule has 2 N–H and O–H groups in total. The van der Waals surface area contributed by atoms with Crippen LogP contribution in [0.1, 0.15) is 0 Å². The SMILES string of the molecule is N#CN(C#N)c1nc(Cl)nc(Nc2cccc(S(=O)(=O)O)c2)n1. The molecule has 23 heavy (non-hydrogen) atoms. The van der Waals surface area contributed by atoms with Gasteiger partial charge in [-0.15, -0.1) is 4.90 Å². The zero-order valence-corrected chi connectivity index (χ0v) is 12.6. The van der Waals surface area contributed by atoms with Gasteiger partial charge in [-0.05, 0) is 29.8 Å². The molecule has 116 valence electrons. The van der Waals surface area contributed by atoms with Crippen LogP contribution in [0, 0.1) is 22.9 Å². The molecule has 0 amide bonds. The number of benzene rings is 1. The normalized spacial score (nSPS) is 10.4. The first-order valence-electron chi connectivity index (χ1n) is 5.69. The summed E-state index contributed by atoms with van der Waals surface area (Å²) in [6.45, 7) is 0. The van der Waals surface area contributed by atoms with Gasteiger partial charge in [-0.25, -0.2) is 0 Å². The van der Waals surface area contributed by atoms with E-state index in [9.17, 15) is 8.42 Å². The third-order valence-corrected chi connectivity index (χ3v) is 3.40. The molecular formula is C11H6ClN7O3S. The number of rotatable bonds is 4. The van der Waals surface area contributed by atoms with Crippen LogP contribution in [0.2, 0.25) is 5.28 Å². The van der Waals surface area contributed by atoms with Gasteiger partial charge in [-0.2, -0.15) is 33.9 Å². The Labute approximate surface area is 135 Å². The quantitative estimate of drug-likeness (QED) is 0.467. The maximum Gasteiger partial charge on any atom is 0.294 e. The van der Waals surface area contributed by atoms with E-state index in [1.807, 2.05) is 0 Å².